The van der Waals surface area contributed by atoms with Crippen LogP contribution in [0.3, 0.4) is 0 Å². The zero-order valence-corrected chi connectivity index (χ0v) is 17.4. The molecule has 0 unspecified atom stereocenters. The van der Waals surface area contributed by atoms with Crippen molar-refractivity contribution >= 4 is 34.2 Å². The fourth-order valence-corrected chi connectivity index (χ4v) is 6.41. The highest BCUT2D eigenvalue weighted by Gasteiger charge is 2.48. The lowest BCUT2D eigenvalue weighted by Gasteiger charge is -2.41. The monoisotopic (exact) mass is 417 g/mol. The van der Waals surface area contributed by atoms with Crippen molar-refractivity contribution in [2.45, 2.75) is 51.9 Å². The number of hydrogen-bond donors (Lipinski definition) is 2. The molecular weight excluding hydrogens is 390 g/mol. The summed E-state index contributed by atoms with van der Waals surface area (Å²) in [5.41, 5.74) is 1.48. The van der Waals surface area contributed by atoms with Gasteiger partial charge in [-0.3, -0.25) is 9.59 Å². The molecule has 1 fully saturated rings. The molecule has 156 valence electrons. The highest BCUT2D eigenvalue weighted by molar-refractivity contribution is 7.17. The zero-order chi connectivity index (χ0) is 20.5. The van der Waals surface area contributed by atoms with Crippen molar-refractivity contribution in [2.75, 3.05) is 11.9 Å². The van der Waals surface area contributed by atoms with Crippen molar-refractivity contribution in [2.24, 2.45) is 23.7 Å². The van der Waals surface area contributed by atoms with Gasteiger partial charge in [-0.25, -0.2) is 4.79 Å². The largest absolute Gasteiger partial charge is 0.481 e. The number of rotatable bonds is 5. The van der Waals surface area contributed by atoms with E-state index in [0.717, 1.165) is 55.4 Å². The maximum absolute atomic E-state index is 13.2. The van der Waals surface area contributed by atoms with Crippen molar-refractivity contribution < 1.29 is 24.2 Å². The highest BCUT2D eigenvalue weighted by atomic mass is 32.1. The molecule has 0 aliphatic heterocycles. The Morgan fingerprint density at radius 3 is 2.45 bits per heavy atom. The number of carboxylic acids is 1. The molecule has 0 aromatic carbocycles. The van der Waals surface area contributed by atoms with Crippen LogP contribution in [0, 0.1) is 23.7 Å². The van der Waals surface area contributed by atoms with E-state index in [1.807, 2.05) is 12.2 Å². The second-order valence-corrected chi connectivity index (χ2v) is 9.26. The molecule has 4 aliphatic rings. The summed E-state index contributed by atoms with van der Waals surface area (Å²) in [6, 6.07) is 0. The number of amides is 1. The summed E-state index contributed by atoms with van der Waals surface area (Å²) >= 11 is 1.45. The Kier molecular flexibility index (Phi) is 5.76. The molecule has 6 nitrogen and oxygen atoms in total. The molecule has 29 heavy (non-hydrogen) atoms. The first-order valence-electron chi connectivity index (χ1n) is 10.5. The lowest BCUT2D eigenvalue weighted by atomic mass is 9.62. The number of aryl methyl sites for hydroxylation is 1. The minimum Gasteiger partial charge on any atom is -0.481 e. The topological polar surface area (TPSA) is 92.7 Å². The minimum atomic E-state index is -0.920. The number of thiophene rings is 1. The third kappa shape index (κ3) is 3.72. The van der Waals surface area contributed by atoms with Gasteiger partial charge in [0.1, 0.15) is 5.00 Å². The Labute approximate surface area is 174 Å². The summed E-state index contributed by atoms with van der Waals surface area (Å²) in [4.78, 5) is 39.0. The molecule has 0 spiro atoms. The summed E-state index contributed by atoms with van der Waals surface area (Å²) in [6.45, 7) is 2.04. The van der Waals surface area contributed by atoms with Gasteiger partial charge < -0.3 is 15.2 Å². The first kappa shape index (κ1) is 20.1. The summed E-state index contributed by atoms with van der Waals surface area (Å²) in [5.74, 6) is -3.09. The van der Waals surface area contributed by atoms with E-state index in [1.54, 1.807) is 6.92 Å². The van der Waals surface area contributed by atoms with Crippen LogP contribution >= 0.6 is 11.3 Å². The van der Waals surface area contributed by atoms with Gasteiger partial charge in [0.2, 0.25) is 5.91 Å². The number of anilines is 1. The van der Waals surface area contributed by atoms with Crippen LogP contribution < -0.4 is 5.32 Å². The van der Waals surface area contributed by atoms with Gasteiger partial charge in [-0.1, -0.05) is 18.6 Å². The van der Waals surface area contributed by atoms with Gasteiger partial charge in [-0.05, 0) is 62.8 Å². The predicted molar refractivity (Wildman–Crippen MR) is 110 cm³/mol. The molecule has 5 rings (SSSR count). The SMILES string of the molecule is CCOC(=O)c1c(NC(=O)[C@@H]2[C@@H](C(=O)O)[C@H]3C=C[C@H]2CC3)sc2c1CCCCC2. The molecule has 1 saturated carbocycles. The standard InChI is InChI=1S/C22H27NO5S/c1-2-28-22(27)18-14-6-4-3-5-7-15(14)29-20(18)23-19(24)16-12-8-10-13(11-9-12)17(16)21(25)26/h8,10,12-13,16-17H,2-7,9,11H2,1H3,(H,23,24)(H,25,26)/t12-,13-,16-,17-/m0/s1. The van der Waals surface area contributed by atoms with E-state index in [4.69, 9.17) is 4.74 Å². The fraction of sp³-hybridized carbons (Fsp3) is 0.591. The Hall–Kier alpha value is -2.15. The van der Waals surface area contributed by atoms with Crippen molar-refractivity contribution in [3.8, 4) is 0 Å². The van der Waals surface area contributed by atoms with Gasteiger partial charge in [0, 0.05) is 4.88 Å². The zero-order valence-electron chi connectivity index (χ0n) is 16.6. The average Bonchev–Trinajstić information content (AvgIpc) is 2.88. The molecule has 1 aromatic rings. The molecule has 1 heterocycles. The summed E-state index contributed by atoms with van der Waals surface area (Å²) < 4.78 is 5.28. The van der Waals surface area contributed by atoms with E-state index < -0.39 is 23.8 Å². The normalized spacial score (nSPS) is 27.8. The molecule has 2 bridgehead atoms. The lowest BCUT2D eigenvalue weighted by molar-refractivity contribution is -0.151. The molecule has 0 radical (unpaired) electrons. The number of nitrogens with one attached hydrogen (secondary N) is 1. The second-order valence-electron chi connectivity index (χ2n) is 8.16. The van der Waals surface area contributed by atoms with Crippen LogP contribution in [0.15, 0.2) is 12.2 Å². The quantitative estimate of drug-likeness (QED) is 0.428. The summed E-state index contributed by atoms with van der Waals surface area (Å²) in [6.07, 6.45) is 10.5. The van der Waals surface area contributed by atoms with Gasteiger partial charge >= 0.3 is 11.9 Å². The molecule has 4 atom stereocenters. The number of esters is 1. The van der Waals surface area contributed by atoms with E-state index in [-0.39, 0.29) is 24.3 Å². The first-order valence-corrected chi connectivity index (χ1v) is 11.4. The third-order valence-corrected chi connectivity index (χ3v) is 7.68. The number of aliphatic carboxylic acids is 1. The van der Waals surface area contributed by atoms with E-state index in [9.17, 15) is 19.5 Å². The summed E-state index contributed by atoms with van der Waals surface area (Å²) in [5, 5.41) is 13.2. The van der Waals surface area contributed by atoms with Gasteiger partial charge in [-0.2, -0.15) is 0 Å². The molecule has 7 heteroatoms. The lowest BCUT2D eigenvalue weighted by Crippen LogP contribution is -2.47. The smallest absolute Gasteiger partial charge is 0.341 e. The van der Waals surface area contributed by atoms with Crippen molar-refractivity contribution in [3.63, 3.8) is 0 Å². The number of ether oxygens (including phenoxy) is 1. The Balaban J connectivity index is 1.65. The van der Waals surface area contributed by atoms with E-state index in [1.165, 1.54) is 11.3 Å². The van der Waals surface area contributed by atoms with Crippen molar-refractivity contribution in [3.05, 3.63) is 28.2 Å². The highest BCUT2D eigenvalue weighted by Crippen LogP contribution is 2.46. The molecular formula is C22H27NO5S. The van der Waals surface area contributed by atoms with Crippen LogP contribution in [0.25, 0.3) is 0 Å². The van der Waals surface area contributed by atoms with Crippen LogP contribution in [0.1, 0.15) is 59.8 Å². The van der Waals surface area contributed by atoms with Crippen LogP contribution in [0.2, 0.25) is 0 Å². The average molecular weight is 418 g/mol. The van der Waals surface area contributed by atoms with Gasteiger partial charge in [0.05, 0.1) is 24.0 Å². The van der Waals surface area contributed by atoms with Gasteiger partial charge in [-0.15, -0.1) is 11.3 Å². The maximum atomic E-state index is 13.2. The van der Waals surface area contributed by atoms with E-state index in [0.29, 0.717) is 10.6 Å². The van der Waals surface area contributed by atoms with Crippen LogP contribution in [0.5, 0.6) is 0 Å². The maximum Gasteiger partial charge on any atom is 0.341 e. The fourth-order valence-electron chi connectivity index (χ4n) is 5.13. The number of carbonyl (C=O) groups is 3. The first-order chi connectivity index (χ1) is 14.0. The Morgan fingerprint density at radius 2 is 1.79 bits per heavy atom. The minimum absolute atomic E-state index is 0.0649. The summed E-state index contributed by atoms with van der Waals surface area (Å²) in [7, 11) is 0. The van der Waals surface area contributed by atoms with Crippen molar-refractivity contribution in [1.82, 2.24) is 0 Å². The second kappa shape index (κ2) is 8.30. The molecule has 2 N–H and O–H groups in total. The van der Waals surface area contributed by atoms with Crippen LogP contribution in [0.4, 0.5) is 5.00 Å². The van der Waals surface area contributed by atoms with E-state index in [2.05, 4.69) is 5.32 Å². The van der Waals surface area contributed by atoms with Crippen molar-refractivity contribution in [1.29, 1.82) is 0 Å². The van der Waals surface area contributed by atoms with Crippen LogP contribution in [-0.2, 0) is 27.2 Å². The number of hydrogen-bond acceptors (Lipinski definition) is 5. The van der Waals surface area contributed by atoms with Gasteiger partial charge in [0.15, 0.2) is 0 Å². The molecule has 4 aliphatic carbocycles. The Morgan fingerprint density at radius 1 is 1.10 bits per heavy atom. The Bertz CT molecular complexity index is 858. The number of carboxylic acid groups (broad SMARTS) is 1. The number of fused-ring (bicyclic) bond motifs is 3. The molecule has 1 aromatic heterocycles. The predicted octanol–water partition coefficient (Wildman–Crippen LogP) is 4.05. The third-order valence-electron chi connectivity index (χ3n) is 6.47. The van der Waals surface area contributed by atoms with E-state index >= 15 is 0 Å². The van der Waals surface area contributed by atoms with Gasteiger partial charge in [0.25, 0.3) is 0 Å². The number of carbonyl (C=O) groups excluding carboxylic acids is 2. The molecule has 1 amide bonds. The number of allylic oxidation sites excluding steroid dienone is 2. The van der Waals surface area contributed by atoms with Crippen LogP contribution in [-0.4, -0.2) is 29.6 Å². The molecule has 0 saturated heterocycles.